The zero-order valence-electron chi connectivity index (χ0n) is 13.8. The molecule has 0 radical (unpaired) electrons. The first-order valence-corrected chi connectivity index (χ1v) is 7.79. The minimum atomic E-state index is -0.472. The van der Waals surface area contributed by atoms with Crippen LogP contribution in [-0.2, 0) is 9.53 Å². The molecule has 20 heavy (non-hydrogen) atoms. The van der Waals surface area contributed by atoms with E-state index in [0.29, 0.717) is 0 Å². The van der Waals surface area contributed by atoms with Gasteiger partial charge in [-0.25, -0.2) is 4.79 Å². The van der Waals surface area contributed by atoms with Crippen molar-refractivity contribution in [2.45, 2.75) is 79.2 Å². The number of rotatable bonds is 9. The predicted molar refractivity (Wildman–Crippen MR) is 81.8 cm³/mol. The number of carbonyl (C=O) groups is 2. The summed E-state index contributed by atoms with van der Waals surface area (Å²) in [4.78, 5) is 23.5. The van der Waals surface area contributed by atoms with Gasteiger partial charge in [-0.3, -0.25) is 4.79 Å². The number of hydrogen-bond acceptors (Lipinski definition) is 3. The fourth-order valence-electron chi connectivity index (χ4n) is 1.74. The van der Waals surface area contributed by atoms with E-state index >= 15 is 0 Å². The Morgan fingerprint density at radius 1 is 1.05 bits per heavy atom. The number of Topliss-reactive ketones (excluding diaryl/α,β-unsaturated/α-hetero) is 1. The molecule has 118 valence electrons. The third-order valence-corrected chi connectivity index (χ3v) is 3.26. The van der Waals surface area contributed by atoms with E-state index in [1.54, 1.807) is 0 Å². The molecule has 0 spiro atoms. The first-order valence-electron chi connectivity index (χ1n) is 7.79. The van der Waals surface area contributed by atoms with Gasteiger partial charge in [0, 0.05) is 5.41 Å². The van der Waals surface area contributed by atoms with Gasteiger partial charge in [0.15, 0.2) is 5.78 Å². The number of alkyl carbamates (subject to hydrolysis) is 1. The van der Waals surface area contributed by atoms with Crippen LogP contribution in [0.4, 0.5) is 4.79 Å². The van der Waals surface area contributed by atoms with Crippen molar-refractivity contribution in [2.24, 2.45) is 5.41 Å². The smallest absolute Gasteiger partial charge is 0.407 e. The molecule has 0 aliphatic heterocycles. The lowest BCUT2D eigenvalue weighted by Gasteiger charge is -2.19. The lowest BCUT2D eigenvalue weighted by atomic mass is 9.91. The second-order valence-corrected chi connectivity index (χ2v) is 6.34. The molecule has 0 heterocycles. The lowest BCUT2D eigenvalue weighted by Crippen LogP contribution is -2.37. The van der Waals surface area contributed by atoms with Gasteiger partial charge in [0.25, 0.3) is 0 Å². The maximum atomic E-state index is 11.7. The number of ether oxygens (including phenoxy) is 1. The van der Waals surface area contributed by atoms with Gasteiger partial charge in [-0.05, 0) is 12.8 Å². The van der Waals surface area contributed by atoms with Crippen LogP contribution in [0, 0.1) is 5.41 Å². The highest BCUT2D eigenvalue weighted by Gasteiger charge is 2.22. The van der Waals surface area contributed by atoms with Crippen molar-refractivity contribution in [3.63, 3.8) is 0 Å². The zero-order valence-corrected chi connectivity index (χ0v) is 13.8. The Labute approximate surface area is 123 Å². The molecular formula is C16H31NO3. The van der Waals surface area contributed by atoms with Gasteiger partial charge in [0.1, 0.15) is 6.10 Å². The summed E-state index contributed by atoms with van der Waals surface area (Å²) in [5.41, 5.74) is -0.433. The van der Waals surface area contributed by atoms with Gasteiger partial charge in [-0.1, -0.05) is 60.3 Å². The maximum Gasteiger partial charge on any atom is 0.407 e. The second kappa shape index (κ2) is 9.78. The fourth-order valence-corrected chi connectivity index (χ4v) is 1.74. The van der Waals surface area contributed by atoms with Crippen LogP contribution < -0.4 is 5.32 Å². The average Bonchev–Trinajstić information content (AvgIpc) is 2.37. The van der Waals surface area contributed by atoms with Crippen LogP contribution in [0.5, 0.6) is 0 Å². The van der Waals surface area contributed by atoms with Crippen LogP contribution >= 0.6 is 0 Å². The van der Waals surface area contributed by atoms with E-state index < -0.39 is 11.5 Å². The molecule has 0 bridgehead atoms. The molecule has 0 aromatic carbocycles. The minimum Gasteiger partial charge on any atom is -0.446 e. The molecule has 0 aromatic heterocycles. The molecule has 4 nitrogen and oxygen atoms in total. The highest BCUT2D eigenvalue weighted by Crippen LogP contribution is 2.14. The van der Waals surface area contributed by atoms with E-state index in [1.165, 1.54) is 0 Å². The van der Waals surface area contributed by atoms with Crippen molar-refractivity contribution in [3.8, 4) is 0 Å². The molecule has 0 saturated carbocycles. The summed E-state index contributed by atoms with van der Waals surface area (Å²) < 4.78 is 5.42. The molecule has 0 saturated heterocycles. The first kappa shape index (κ1) is 18.9. The average molecular weight is 285 g/mol. The third-order valence-electron chi connectivity index (χ3n) is 3.26. The van der Waals surface area contributed by atoms with Crippen LogP contribution in [0.1, 0.15) is 73.1 Å². The minimum absolute atomic E-state index is 0.00752. The SMILES string of the molecule is CCCCC(CCCC)OC(=O)NCC(=O)C(C)(C)C. The number of nitrogens with one attached hydrogen (secondary N) is 1. The number of hydrogen-bond donors (Lipinski definition) is 1. The predicted octanol–water partition coefficient (Wildman–Crippen LogP) is 4.08. The van der Waals surface area contributed by atoms with E-state index in [4.69, 9.17) is 4.74 Å². The quantitative estimate of drug-likeness (QED) is 0.694. The van der Waals surface area contributed by atoms with Gasteiger partial charge >= 0.3 is 6.09 Å². The number of amides is 1. The zero-order chi connectivity index (χ0) is 15.6. The largest absolute Gasteiger partial charge is 0.446 e. The summed E-state index contributed by atoms with van der Waals surface area (Å²) in [7, 11) is 0. The van der Waals surface area contributed by atoms with Crippen LogP contribution in [-0.4, -0.2) is 24.5 Å². The number of unbranched alkanes of at least 4 members (excludes halogenated alkanes) is 2. The molecule has 0 aliphatic carbocycles. The van der Waals surface area contributed by atoms with E-state index in [2.05, 4.69) is 19.2 Å². The van der Waals surface area contributed by atoms with Crippen molar-refractivity contribution >= 4 is 11.9 Å². The van der Waals surface area contributed by atoms with Crippen molar-refractivity contribution < 1.29 is 14.3 Å². The van der Waals surface area contributed by atoms with Crippen molar-refractivity contribution in [2.75, 3.05) is 6.54 Å². The van der Waals surface area contributed by atoms with Crippen LogP contribution in [0.15, 0.2) is 0 Å². The van der Waals surface area contributed by atoms with E-state index in [0.717, 1.165) is 38.5 Å². The molecule has 0 fully saturated rings. The Morgan fingerprint density at radius 2 is 1.55 bits per heavy atom. The molecule has 0 aromatic rings. The molecule has 0 aliphatic rings. The Bertz CT molecular complexity index is 287. The molecule has 4 heteroatoms. The van der Waals surface area contributed by atoms with Crippen molar-refractivity contribution in [1.82, 2.24) is 5.32 Å². The van der Waals surface area contributed by atoms with Crippen molar-refractivity contribution in [1.29, 1.82) is 0 Å². The second-order valence-electron chi connectivity index (χ2n) is 6.34. The van der Waals surface area contributed by atoms with Gasteiger partial charge in [-0.2, -0.15) is 0 Å². The van der Waals surface area contributed by atoms with E-state index in [-0.39, 0.29) is 18.4 Å². The maximum absolute atomic E-state index is 11.7. The number of carbonyl (C=O) groups excluding carboxylic acids is 2. The van der Waals surface area contributed by atoms with Crippen LogP contribution in [0.25, 0.3) is 0 Å². The molecule has 0 atom stereocenters. The first-order chi connectivity index (χ1) is 9.31. The fraction of sp³-hybridized carbons (Fsp3) is 0.875. The molecule has 0 unspecified atom stereocenters. The summed E-state index contributed by atoms with van der Waals surface area (Å²) >= 11 is 0. The van der Waals surface area contributed by atoms with E-state index in [9.17, 15) is 9.59 Å². The van der Waals surface area contributed by atoms with Crippen molar-refractivity contribution in [3.05, 3.63) is 0 Å². The van der Waals surface area contributed by atoms with Gasteiger partial charge in [0.2, 0.25) is 0 Å². The van der Waals surface area contributed by atoms with Gasteiger partial charge in [0.05, 0.1) is 6.54 Å². The van der Waals surface area contributed by atoms with Gasteiger partial charge in [-0.15, -0.1) is 0 Å². The molecule has 1 N–H and O–H groups in total. The molecule has 0 rings (SSSR count). The molecule has 1 amide bonds. The summed E-state index contributed by atoms with van der Waals surface area (Å²) in [5, 5.41) is 2.56. The Kier molecular flexibility index (Phi) is 9.26. The standard InChI is InChI=1S/C16H31NO3/c1-6-8-10-13(11-9-7-2)20-15(19)17-12-14(18)16(3,4)5/h13H,6-12H2,1-5H3,(H,17,19). The summed E-state index contributed by atoms with van der Waals surface area (Å²) in [6, 6.07) is 0. The topological polar surface area (TPSA) is 55.4 Å². The highest BCUT2D eigenvalue weighted by molar-refractivity contribution is 5.88. The normalized spacial score (nSPS) is 11.5. The van der Waals surface area contributed by atoms with Crippen LogP contribution in [0.2, 0.25) is 0 Å². The third kappa shape index (κ3) is 8.94. The molecular weight excluding hydrogens is 254 g/mol. The van der Waals surface area contributed by atoms with Crippen LogP contribution in [0.3, 0.4) is 0 Å². The monoisotopic (exact) mass is 285 g/mol. The Balaban J connectivity index is 4.14. The summed E-state index contributed by atoms with van der Waals surface area (Å²) in [6.07, 6.45) is 5.60. The van der Waals surface area contributed by atoms with E-state index in [1.807, 2.05) is 20.8 Å². The summed E-state index contributed by atoms with van der Waals surface area (Å²) in [6.45, 7) is 9.81. The highest BCUT2D eigenvalue weighted by atomic mass is 16.6. The lowest BCUT2D eigenvalue weighted by molar-refractivity contribution is -0.125. The Morgan fingerprint density at radius 3 is 1.95 bits per heavy atom. The number of ketones is 1. The Hall–Kier alpha value is -1.06. The van der Waals surface area contributed by atoms with Gasteiger partial charge < -0.3 is 10.1 Å². The summed E-state index contributed by atoms with van der Waals surface area (Å²) in [5.74, 6) is 0.00752.